The van der Waals surface area contributed by atoms with Crippen LogP contribution in [0.25, 0.3) is 0 Å². The van der Waals surface area contributed by atoms with Gasteiger partial charge in [0.1, 0.15) is 5.82 Å². The SMILES string of the molecule is Nc1ccc(NC(=O)Cc2ccc([N+](=O)[O-])cc2)cn1. The van der Waals surface area contributed by atoms with Crippen molar-refractivity contribution in [3.63, 3.8) is 0 Å². The molecule has 0 aliphatic rings. The molecule has 0 radical (unpaired) electrons. The van der Waals surface area contributed by atoms with Crippen LogP contribution < -0.4 is 11.1 Å². The highest BCUT2D eigenvalue weighted by Gasteiger charge is 2.07. The summed E-state index contributed by atoms with van der Waals surface area (Å²) in [5, 5.41) is 13.2. The predicted molar refractivity (Wildman–Crippen MR) is 74.1 cm³/mol. The number of aromatic nitrogens is 1. The lowest BCUT2D eigenvalue weighted by Crippen LogP contribution is -2.14. The molecule has 2 aromatic rings. The van der Waals surface area contributed by atoms with E-state index in [1.54, 1.807) is 24.3 Å². The van der Waals surface area contributed by atoms with Crippen molar-refractivity contribution in [2.45, 2.75) is 6.42 Å². The minimum absolute atomic E-state index is 0.00288. The number of rotatable bonds is 4. The Balaban J connectivity index is 1.97. The highest BCUT2D eigenvalue weighted by molar-refractivity contribution is 5.92. The first-order valence-corrected chi connectivity index (χ1v) is 5.79. The Kier molecular flexibility index (Phi) is 3.90. The fourth-order valence-electron chi connectivity index (χ4n) is 1.61. The van der Waals surface area contributed by atoms with E-state index in [-0.39, 0.29) is 18.0 Å². The molecule has 0 saturated heterocycles. The van der Waals surface area contributed by atoms with Crippen molar-refractivity contribution in [3.05, 3.63) is 58.3 Å². The van der Waals surface area contributed by atoms with Crippen molar-refractivity contribution in [2.24, 2.45) is 0 Å². The maximum absolute atomic E-state index is 11.8. The number of nitro benzene ring substituents is 1. The van der Waals surface area contributed by atoms with Crippen LogP contribution in [-0.4, -0.2) is 15.8 Å². The van der Waals surface area contributed by atoms with Gasteiger partial charge in [-0.1, -0.05) is 12.1 Å². The van der Waals surface area contributed by atoms with Gasteiger partial charge in [-0.3, -0.25) is 14.9 Å². The van der Waals surface area contributed by atoms with Gasteiger partial charge < -0.3 is 11.1 Å². The largest absolute Gasteiger partial charge is 0.384 e. The number of nitro groups is 1. The smallest absolute Gasteiger partial charge is 0.269 e. The predicted octanol–water partition coefficient (Wildman–Crippen LogP) is 1.75. The monoisotopic (exact) mass is 272 g/mol. The number of nitrogens with two attached hydrogens (primary N) is 1. The Morgan fingerprint density at radius 2 is 1.95 bits per heavy atom. The molecule has 0 atom stereocenters. The number of non-ortho nitro benzene ring substituents is 1. The van der Waals surface area contributed by atoms with E-state index in [0.29, 0.717) is 17.1 Å². The lowest BCUT2D eigenvalue weighted by atomic mass is 10.1. The highest BCUT2D eigenvalue weighted by Crippen LogP contribution is 2.13. The van der Waals surface area contributed by atoms with Crippen molar-refractivity contribution < 1.29 is 9.72 Å². The van der Waals surface area contributed by atoms with Crippen LogP contribution in [0, 0.1) is 10.1 Å². The van der Waals surface area contributed by atoms with E-state index in [9.17, 15) is 14.9 Å². The molecule has 0 saturated carbocycles. The zero-order chi connectivity index (χ0) is 14.5. The molecule has 102 valence electrons. The fourth-order valence-corrected chi connectivity index (χ4v) is 1.61. The first-order valence-electron chi connectivity index (χ1n) is 5.79. The molecule has 0 fully saturated rings. The second-order valence-corrected chi connectivity index (χ2v) is 4.12. The summed E-state index contributed by atoms with van der Waals surface area (Å²) in [5.41, 5.74) is 6.68. The number of pyridine rings is 1. The molecule has 1 aromatic carbocycles. The van der Waals surface area contributed by atoms with Gasteiger partial charge in [0, 0.05) is 12.1 Å². The second kappa shape index (κ2) is 5.79. The summed E-state index contributed by atoms with van der Waals surface area (Å²) in [7, 11) is 0. The fraction of sp³-hybridized carbons (Fsp3) is 0.0769. The normalized spacial score (nSPS) is 10.0. The molecule has 20 heavy (non-hydrogen) atoms. The molecule has 7 nitrogen and oxygen atoms in total. The summed E-state index contributed by atoms with van der Waals surface area (Å²) in [4.78, 5) is 25.7. The first-order chi connectivity index (χ1) is 9.54. The summed E-state index contributed by atoms with van der Waals surface area (Å²) >= 11 is 0. The third kappa shape index (κ3) is 3.52. The second-order valence-electron chi connectivity index (χ2n) is 4.12. The molecule has 0 bridgehead atoms. The number of hydrogen-bond acceptors (Lipinski definition) is 5. The van der Waals surface area contributed by atoms with Crippen molar-refractivity contribution in [1.29, 1.82) is 0 Å². The van der Waals surface area contributed by atoms with Crippen LogP contribution in [0.4, 0.5) is 17.2 Å². The van der Waals surface area contributed by atoms with Gasteiger partial charge in [-0.2, -0.15) is 0 Å². The minimum atomic E-state index is -0.482. The zero-order valence-corrected chi connectivity index (χ0v) is 10.4. The molecule has 7 heteroatoms. The average Bonchev–Trinajstić information content (AvgIpc) is 2.42. The standard InChI is InChI=1S/C13H12N4O3/c14-12-6-3-10(8-15-12)16-13(18)7-9-1-4-11(5-2-9)17(19)20/h1-6,8H,7H2,(H2,14,15)(H,16,18). The van der Waals surface area contributed by atoms with E-state index in [1.165, 1.54) is 18.3 Å². The number of hydrogen-bond donors (Lipinski definition) is 2. The van der Waals surface area contributed by atoms with Crippen LogP contribution >= 0.6 is 0 Å². The number of benzene rings is 1. The van der Waals surface area contributed by atoms with Crippen molar-refractivity contribution >= 4 is 23.1 Å². The third-order valence-corrected chi connectivity index (χ3v) is 2.58. The van der Waals surface area contributed by atoms with Gasteiger partial charge in [-0.05, 0) is 17.7 Å². The van der Waals surface area contributed by atoms with Crippen LogP contribution in [0.1, 0.15) is 5.56 Å². The van der Waals surface area contributed by atoms with Gasteiger partial charge >= 0.3 is 0 Å². The van der Waals surface area contributed by atoms with E-state index in [4.69, 9.17) is 5.73 Å². The Hall–Kier alpha value is -2.96. The molecule has 1 amide bonds. The van der Waals surface area contributed by atoms with Crippen molar-refractivity contribution in [2.75, 3.05) is 11.1 Å². The molecule has 0 aliphatic heterocycles. The molecule has 3 N–H and O–H groups in total. The van der Waals surface area contributed by atoms with Gasteiger partial charge in [0.15, 0.2) is 0 Å². The lowest BCUT2D eigenvalue weighted by Gasteiger charge is -2.05. The average molecular weight is 272 g/mol. The summed E-state index contributed by atoms with van der Waals surface area (Å²) in [6.07, 6.45) is 1.59. The van der Waals surface area contributed by atoms with E-state index in [1.807, 2.05) is 0 Å². The van der Waals surface area contributed by atoms with Gasteiger partial charge in [-0.25, -0.2) is 4.98 Å². The van der Waals surface area contributed by atoms with Gasteiger partial charge in [0.25, 0.3) is 5.69 Å². The molecule has 0 aliphatic carbocycles. The highest BCUT2D eigenvalue weighted by atomic mass is 16.6. The van der Waals surface area contributed by atoms with Crippen LogP contribution in [0.5, 0.6) is 0 Å². The van der Waals surface area contributed by atoms with E-state index >= 15 is 0 Å². The van der Waals surface area contributed by atoms with Crippen LogP contribution in [0.2, 0.25) is 0 Å². The lowest BCUT2D eigenvalue weighted by molar-refractivity contribution is -0.384. The van der Waals surface area contributed by atoms with Crippen LogP contribution in [0.15, 0.2) is 42.6 Å². The summed E-state index contributed by atoms with van der Waals surface area (Å²) in [6, 6.07) is 9.08. The number of nitrogen functional groups attached to an aromatic ring is 1. The number of carbonyl (C=O) groups is 1. The maximum atomic E-state index is 11.8. The van der Waals surface area contributed by atoms with Crippen molar-refractivity contribution in [3.8, 4) is 0 Å². The Morgan fingerprint density at radius 1 is 1.25 bits per heavy atom. The molecular weight excluding hydrogens is 260 g/mol. The topological polar surface area (TPSA) is 111 Å². The molecule has 0 unspecified atom stereocenters. The van der Waals surface area contributed by atoms with E-state index < -0.39 is 4.92 Å². The molecular formula is C13H12N4O3. The number of nitrogens with zero attached hydrogens (tertiary/aromatic N) is 2. The Labute approximate surface area is 114 Å². The van der Waals surface area contributed by atoms with Gasteiger partial charge in [-0.15, -0.1) is 0 Å². The van der Waals surface area contributed by atoms with Crippen LogP contribution in [-0.2, 0) is 11.2 Å². The molecule has 2 rings (SSSR count). The molecule has 0 spiro atoms. The van der Waals surface area contributed by atoms with Crippen LogP contribution in [0.3, 0.4) is 0 Å². The van der Waals surface area contributed by atoms with Crippen molar-refractivity contribution in [1.82, 2.24) is 4.98 Å². The number of anilines is 2. The van der Waals surface area contributed by atoms with E-state index in [0.717, 1.165) is 0 Å². The minimum Gasteiger partial charge on any atom is -0.384 e. The number of nitrogens with one attached hydrogen (secondary N) is 1. The summed E-state index contributed by atoms with van der Waals surface area (Å²) < 4.78 is 0. The van der Waals surface area contributed by atoms with Gasteiger partial charge in [0.05, 0.1) is 23.2 Å². The molecule has 1 heterocycles. The number of carbonyl (C=O) groups excluding carboxylic acids is 1. The zero-order valence-electron chi connectivity index (χ0n) is 10.4. The Bertz CT molecular complexity index is 623. The maximum Gasteiger partial charge on any atom is 0.269 e. The quantitative estimate of drug-likeness (QED) is 0.650. The molecule has 1 aromatic heterocycles. The Morgan fingerprint density at radius 3 is 2.50 bits per heavy atom. The number of amides is 1. The summed E-state index contributed by atoms with van der Waals surface area (Å²) in [6.45, 7) is 0. The third-order valence-electron chi connectivity index (χ3n) is 2.58. The van der Waals surface area contributed by atoms with Gasteiger partial charge in [0.2, 0.25) is 5.91 Å². The van der Waals surface area contributed by atoms with E-state index in [2.05, 4.69) is 10.3 Å². The summed E-state index contributed by atoms with van der Waals surface area (Å²) in [5.74, 6) is 0.142. The first kappa shape index (κ1) is 13.5.